The highest BCUT2D eigenvalue weighted by Crippen LogP contribution is 2.42. The Labute approximate surface area is 411 Å². The second kappa shape index (κ2) is 16.4. The van der Waals surface area contributed by atoms with E-state index in [4.69, 9.17) is 0 Å². The second-order valence-corrected chi connectivity index (χ2v) is 18.6. The second-order valence-electron chi connectivity index (χ2n) is 18.6. The lowest BCUT2D eigenvalue weighted by molar-refractivity contribution is 1.18. The highest BCUT2D eigenvalue weighted by molar-refractivity contribution is 6.13. The first kappa shape index (κ1) is 40.6. The molecule has 0 amide bonds. The van der Waals surface area contributed by atoms with Gasteiger partial charge in [-0.15, -0.1) is 0 Å². The van der Waals surface area contributed by atoms with Gasteiger partial charge in [-0.2, -0.15) is 0 Å². The maximum absolute atomic E-state index is 4.31. The van der Waals surface area contributed by atoms with Crippen LogP contribution in [0.2, 0.25) is 0 Å². The van der Waals surface area contributed by atoms with Gasteiger partial charge in [-0.05, 0) is 177 Å². The fourth-order valence-electron chi connectivity index (χ4n) is 11.3. The van der Waals surface area contributed by atoms with E-state index >= 15 is 0 Å². The number of fused-ring (bicyclic) bond motifs is 9. The summed E-state index contributed by atoms with van der Waals surface area (Å²) < 4.78 is 7.15. The van der Waals surface area contributed by atoms with E-state index in [1.54, 1.807) is 0 Å². The summed E-state index contributed by atoms with van der Waals surface area (Å²) in [6, 6.07) is 93.3. The third-order valence-electron chi connectivity index (χ3n) is 14.5. The van der Waals surface area contributed by atoms with Gasteiger partial charge >= 0.3 is 0 Å². The molecule has 0 aliphatic heterocycles. The van der Waals surface area contributed by atoms with Crippen molar-refractivity contribution in [3.63, 3.8) is 0 Å². The fourth-order valence-corrected chi connectivity index (χ4v) is 11.3. The van der Waals surface area contributed by atoms with Crippen LogP contribution in [0.25, 0.3) is 133 Å². The molecule has 11 aromatic carbocycles. The smallest absolute Gasteiger partial charge is 0.0541 e. The summed E-state index contributed by atoms with van der Waals surface area (Å²) in [6.07, 6.45) is 1.98. The first-order valence-corrected chi connectivity index (χ1v) is 24.4. The summed E-state index contributed by atoms with van der Waals surface area (Å²) in [6.45, 7) is 4.31. The van der Waals surface area contributed by atoms with Gasteiger partial charge in [-0.25, -0.2) is 0 Å². The van der Waals surface area contributed by atoms with Crippen LogP contribution in [0.4, 0.5) is 0 Å². The highest BCUT2D eigenvalue weighted by Gasteiger charge is 2.19. The van der Waals surface area contributed by atoms with Crippen LogP contribution >= 0.6 is 0 Å². The quantitative estimate of drug-likeness (QED) is 0.144. The first-order chi connectivity index (χ1) is 35.1. The Balaban J connectivity index is 0.972. The van der Waals surface area contributed by atoms with Gasteiger partial charge in [0.1, 0.15) is 0 Å². The Hall–Kier alpha value is -9.44. The van der Waals surface area contributed by atoms with Crippen LogP contribution in [0.5, 0.6) is 0 Å². The minimum atomic E-state index is 1.07. The van der Waals surface area contributed by atoms with E-state index in [2.05, 4.69) is 275 Å². The normalized spacial score (nSPS) is 11.7. The lowest BCUT2D eigenvalue weighted by Gasteiger charge is -2.14. The van der Waals surface area contributed by atoms with Crippen LogP contribution in [0.3, 0.4) is 0 Å². The number of hydrogen-bond donors (Lipinski definition) is 0. The number of rotatable bonds is 8. The van der Waals surface area contributed by atoms with Gasteiger partial charge in [0.2, 0.25) is 0 Å². The molecular formula is C68H45N3. The van der Waals surface area contributed by atoms with Crippen LogP contribution in [-0.2, 0) is 0 Å². The van der Waals surface area contributed by atoms with Crippen molar-refractivity contribution in [1.29, 1.82) is 0 Å². The average molecular weight is 904 g/mol. The molecule has 14 rings (SSSR count). The maximum Gasteiger partial charge on any atom is 0.0541 e. The molecule has 0 saturated heterocycles. The van der Waals surface area contributed by atoms with E-state index in [1.165, 1.54) is 76.5 Å². The van der Waals surface area contributed by atoms with Gasteiger partial charge in [0.05, 0.1) is 33.1 Å². The average Bonchev–Trinajstić information content (AvgIpc) is 4.08. The Kier molecular flexibility index (Phi) is 9.36. The molecule has 71 heavy (non-hydrogen) atoms. The summed E-state index contributed by atoms with van der Waals surface area (Å²) >= 11 is 0. The largest absolute Gasteiger partial charge is 0.309 e. The molecule has 0 aliphatic carbocycles. The molecule has 0 bridgehead atoms. The Morgan fingerprint density at radius 1 is 0.225 bits per heavy atom. The number of para-hydroxylation sites is 6. The van der Waals surface area contributed by atoms with Gasteiger partial charge in [0.15, 0.2) is 0 Å². The van der Waals surface area contributed by atoms with E-state index in [1.807, 2.05) is 6.08 Å². The molecule has 0 radical (unpaired) electrons. The lowest BCUT2D eigenvalue weighted by atomic mass is 9.90. The summed E-state index contributed by atoms with van der Waals surface area (Å²) in [4.78, 5) is 0. The number of benzene rings is 11. The zero-order chi connectivity index (χ0) is 47.0. The van der Waals surface area contributed by atoms with Crippen molar-refractivity contribution in [1.82, 2.24) is 13.7 Å². The topological polar surface area (TPSA) is 14.8 Å². The van der Waals surface area contributed by atoms with Crippen molar-refractivity contribution in [3.05, 3.63) is 267 Å². The Bertz CT molecular complexity index is 4220. The molecule has 3 heteroatoms. The predicted octanol–water partition coefficient (Wildman–Crippen LogP) is 18.3. The Morgan fingerprint density at radius 2 is 0.493 bits per heavy atom. The van der Waals surface area contributed by atoms with Gasteiger partial charge in [0.25, 0.3) is 0 Å². The third-order valence-corrected chi connectivity index (χ3v) is 14.5. The van der Waals surface area contributed by atoms with Crippen molar-refractivity contribution >= 4 is 71.5 Å². The minimum Gasteiger partial charge on any atom is -0.309 e. The number of nitrogens with zero attached hydrogens (tertiary/aromatic N) is 3. The zero-order valence-electron chi connectivity index (χ0n) is 38.9. The van der Waals surface area contributed by atoms with Crippen molar-refractivity contribution < 1.29 is 0 Å². The van der Waals surface area contributed by atoms with E-state index in [0.717, 1.165) is 56.0 Å². The van der Waals surface area contributed by atoms with E-state index < -0.39 is 0 Å². The number of hydrogen-bond acceptors (Lipinski definition) is 0. The summed E-state index contributed by atoms with van der Waals surface area (Å²) in [5, 5.41) is 7.38. The molecule has 0 atom stereocenters. The number of aromatic nitrogens is 3. The molecule has 0 spiro atoms. The molecule has 3 aromatic heterocycles. The predicted molar refractivity (Wildman–Crippen MR) is 301 cm³/mol. The summed E-state index contributed by atoms with van der Waals surface area (Å²) in [5.41, 5.74) is 20.9. The van der Waals surface area contributed by atoms with Crippen LogP contribution in [0.1, 0.15) is 5.56 Å². The van der Waals surface area contributed by atoms with Crippen LogP contribution in [-0.4, -0.2) is 13.7 Å². The van der Waals surface area contributed by atoms with Crippen LogP contribution in [0.15, 0.2) is 261 Å². The fraction of sp³-hybridized carbons (Fsp3) is 0. The Morgan fingerprint density at radius 3 is 0.831 bits per heavy atom. The molecule has 332 valence electrons. The van der Waals surface area contributed by atoms with Crippen LogP contribution in [0, 0.1) is 0 Å². The molecule has 0 fully saturated rings. The minimum absolute atomic E-state index is 1.07. The van der Waals surface area contributed by atoms with Crippen molar-refractivity contribution in [2.45, 2.75) is 0 Å². The van der Waals surface area contributed by atoms with Gasteiger partial charge in [-0.1, -0.05) is 140 Å². The van der Waals surface area contributed by atoms with Gasteiger partial charge in [0, 0.05) is 49.4 Å². The van der Waals surface area contributed by atoms with Crippen molar-refractivity contribution in [3.8, 4) is 61.6 Å². The molecule has 3 heterocycles. The molecular weight excluding hydrogens is 859 g/mol. The van der Waals surface area contributed by atoms with Gasteiger partial charge < -0.3 is 13.7 Å². The highest BCUT2D eigenvalue weighted by atomic mass is 15.0. The van der Waals surface area contributed by atoms with Crippen molar-refractivity contribution in [2.75, 3.05) is 0 Å². The SMILES string of the molecule is C=Cc1cc(-c2cc(-c3ccc4c(c3)c3ccccc3n4-c3ccccc3)cc(-c3ccc4c(c3)c3ccccc3n4-c3ccccc3)c2)cc(-c2ccc3c(c2)c2ccccc2n3-c2ccccc2)c1. The monoisotopic (exact) mass is 903 g/mol. The molecule has 0 aliphatic rings. The van der Waals surface area contributed by atoms with E-state index in [-0.39, 0.29) is 0 Å². The van der Waals surface area contributed by atoms with Crippen molar-refractivity contribution in [2.24, 2.45) is 0 Å². The third kappa shape index (κ3) is 6.66. The van der Waals surface area contributed by atoms with Gasteiger partial charge in [-0.3, -0.25) is 0 Å². The molecule has 14 aromatic rings. The summed E-state index contributed by atoms with van der Waals surface area (Å²) in [7, 11) is 0. The maximum atomic E-state index is 4.31. The summed E-state index contributed by atoms with van der Waals surface area (Å²) in [5.74, 6) is 0. The molecule has 0 N–H and O–H groups in total. The molecule has 0 unspecified atom stereocenters. The molecule has 3 nitrogen and oxygen atoms in total. The standard InChI is InChI=1S/C68H45N3/c1-2-45-36-49(46-30-33-66-60(42-46)57-24-12-15-27-63(57)69(66)54-18-6-3-7-19-54)38-50(37-45)53-40-51(47-31-34-67-61(43-47)58-25-13-16-28-64(58)70(67)55-20-8-4-9-21-55)39-52(41-53)48-32-35-68-62(44-48)59-26-14-17-29-65(59)71(68)56-22-10-5-11-23-56/h2-44H,1H2. The molecule has 0 saturated carbocycles. The van der Waals surface area contributed by atoms with E-state index in [0.29, 0.717) is 0 Å². The van der Waals surface area contributed by atoms with Crippen LogP contribution < -0.4 is 0 Å². The van der Waals surface area contributed by atoms with E-state index in [9.17, 15) is 0 Å². The zero-order valence-corrected chi connectivity index (χ0v) is 38.9. The first-order valence-electron chi connectivity index (χ1n) is 24.4. The lowest BCUT2D eigenvalue weighted by Crippen LogP contribution is -1.93.